The SMILES string of the molecule is O=C(O)/C=C(/Cl)C1CC1. The maximum absolute atomic E-state index is 9.98. The van der Waals surface area contributed by atoms with Crippen molar-refractivity contribution in [2.24, 2.45) is 5.92 Å². The maximum atomic E-state index is 9.98. The summed E-state index contributed by atoms with van der Waals surface area (Å²) in [7, 11) is 0. The molecule has 0 aromatic rings. The van der Waals surface area contributed by atoms with Gasteiger partial charge in [0.15, 0.2) is 0 Å². The van der Waals surface area contributed by atoms with E-state index in [1.165, 1.54) is 0 Å². The van der Waals surface area contributed by atoms with Gasteiger partial charge in [-0.05, 0) is 18.8 Å². The van der Waals surface area contributed by atoms with Crippen LogP contribution in [0.25, 0.3) is 0 Å². The number of aliphatic carboxylic acids is 1. The van der Waals surface area contributed by atoms with Gasteiger partial charge in [-0.1, -0.05) is 11.6 Å². The Morgan fingerprint density at radius 3 is 2.56 bits per heavy atom. The summed E-state index contributed by atoms with van der Waals surface area (Å²) in [6, 6.07) is 0. The fraction of sp³-hybridized carbons (Fsp3) is 0.500. The van der Waals surface area contributed by atoms with Gasteiger partial charge in [-0.2, -0.15) is 0 Å². The molecule has 1 saturated carbocycles. The maximum Gasteiger partial charge on any atom is 0.329 e. The van der Waals surface area contributed by atoms with Crippen molar-refractivity contribution in [2.75, 3.05) is 0 Å². The number of halogens is 1. The number of hydrogen-bond donors (Lipinski definition) is 1. The Morgan fingerprint density at radius 2 is 2.22 bits per heavy atom. The van der Waals surface area contributed by atoms with Crippen LogP contribution in [-0.4, -0.2) is 11.1 Å². The Kier molecular flexibility index (Phi) is 1.76. The summed E-state index contributed by atoms with van der Waals surface area (Å²) in [6.45, 7) is 0. The second kappa shape index (κ2) is 2.40. The molecule has 0 aromatic carbocycles. The summed E-state index contributed by atoms with van der Waals surface area (Å²) in [5, 5.41) is 8.69. The van der Waals surface area contributed by atoms with Gasteiger partial charge in [0.25, 0.3) is 0 Å². The van der Waals surface area contributed by atoms with Gasteiger partial charge < -0.3 is 5.11 Å². The van der Waals surface area contributed by atoms with Crippen LogP contribution in [0.2, 0.25) is 0 Å². The molecule has 0 radical (unpaired) electrons. The zero-order valence-electron chi connectivity index (χ0n) is 4.80. The number of rotatable bonds is 2. The lowest BCUT2D eigenvalue weighted by atomic mass is 10.3. The first kappa shape index (κ1) is 6.62. The van der Waals surface area contributed by atoms with Crippen LogP contribution in [0.15, 0.2) is 11.1 Å². The van der Waals surface area contributed by atoms with Crippen molar-refractivity contribution in [1.82, 2.24) is 0 Å². The molecule has 0 bridgehead atoms. The third-order valence-electron chi connectivity index (χ3n) is 1.23. The van der Waals surface area contributed by atoms with Gasteiger partial charge >= 0.3 is 5.97 Å². The predicted molar refractivity (Wildman–Crippen MR) is 34.3 cm³/mol. The lowest BCUT2D eigenvalue weighted by molar-refractivity contribution is -0.131. The summed E-state index contributed by atoms with van der Waals surface area (Å²) in [5.41, 5.74) is 0. The van der Waals surface area contributed by atoms with Gasteiger partial charge in [0.05, 0.1) is 0 Å². The minimum Gasteiger partial charge on any atom is -0.478 e. The molecule has 0 aliphatic heterocycles. The zero-order chi connectivity index (χ0) is 6.85. The Labute approximate surface area is 58.1 Å². The molecule has 1 aliphatic rings. The lowest BCUT2D eigenvalue weighted by Gasteiger charge is -1.87. The molecule has 1 rings (SSSR count). The summed E-state index contributed by atoms with van der Waals surface area (Å²) in [6.07, 6.45) is 3.16. The molecule has 0 atom stereocenters. The monoisotopic (exact) mass is 146 g/mol. The molecule has 50 valence electrons. The van der Waals surface area contributed by atoms with Gasteiger partial charge in [0, 0.05) is 11.1 Å². The number of hydrogen-bond acceptors (Lipinski definition) is 1. The largest absolute Gasteiger partial charge is 0.478 e. The van der Waals surface area contributed by atoms with E-state index in [0.29, 0.717) is 11.0 Å². The van der Waals surface area contributed by atoms with Crippen LogP contribution in [0.1, 0.15) is 12.8 Å². The van der Waals surface area contributed by atoms with Crippen molar-refractivity contribution in [3.8, 4) is 0 Å². The molecule has 9 heavy (non-hydrogen) atoms. The molecule has 1 aliphatic carbocycles. The second-order valence-corrected chi connectivity index (χ2v) is 2.58. The van der Waals surface area contributed by atoms with E-state index < -0.39 is 5.97 Å². The van der Waals surface area contributed by atoms with Crippen LogP contribution in [-0.2, 0) is 4.79 Å². The standard InChI is InChI=1S/C6H7ClO2/c7-5(3-6(8)9)4-1-2-4/h3-4H,1-2H2,(H,8,9)/b5-3+. The van der Waals surface area contributed by atoms with E-state index in [2.05, 4.69) is 0 Å². The second-order valence-electron chi connectivity index (χ2n) is 2.14. The molecule has 1 N–H and O–H groups in total. The Morgan fingerprint density at radius 1 is 1.67 bits per heavy atom. The summed E-state index contributed by atoms with van der Waals surface area (Å²) in [5.74, 6) is -0.602. The number of carbonyl (C=O) groups is 1. The van der Waals surface area contributed by atoms with Crippen molar-refractivity contribution >= 4 is 17.6 Å². The molecule has 1 fully saturated rings. The Balaban J connectivity index is 2.47. The highest BCUT2D eigenvalue weighted by molar-refractivity contribution is 6.31. The van der Waals surface area contributed by atoms with Gasteiger partial charge in [-0.25, -0.2) is 4.79 Å². The fourth-order valence-corrected chi connectivity index (χ4v) is 0.906. The molecular formula is C6H7ClO2. The van der Waals surface area contributed by atoms with Gasteiger partial charge in [-0.3, -0.25) is 0 Å². The van der Waals surface area contributed by atoms with Crippen LogP contribution >= 0.6 is 11.6 Å². The molecule has 0 saturated heterocycles. The predicted octanol–water partition coefficient (Wildman–Crippen LogP) is 1.60. The normalized spacial score (nSPS) is 19.9. The summed E-state index contributed by atoms with van der Waals surface area (Å²) >= 11 is 5.55. The van der Waals surface area contributed by atoms with E-state index >= 15 is 0 Å². The van der Waals surface area contributed by atoms with E-state index in [1.807, 2.05) is 0 Å². The van der Waals surface area contributed by atoms with Crippen molar-refractivity contribution in [3.05, 3.63) is 11.1 Å². The van der Waals surface area contributed by atoms with Crippen LogP contribution in [0.4, 0.5) is 0 Å². The number of carboxylic acids is 1. The minimum atomic E-state index is -0.952. The van der Waals surface area contributed by atoms with Crippen molar-refractivity contribution in [1.29, 1.82) is 0 Å². The van der Waals surface area contributed by atoms with Gasteiger partial charge in [0.1, 0.15) is 0 Å². The van der Waals surface area contributed by atoms with E-state index in [1.54, 1.807) is 0 Å². The Bertz CT molecular complexity index is 158. The first-order valence-corrected chi connectivity index (χ1v) is 3.18. The van der Waals surface area contributed by atoms with Gasteiger partial charge in [0.2, 0.25) is 0 Å². The van der Waals surface area contributed by atoms with E-state index in [-0.39, 0.29) is 0 Å². The van der Waals surface area contributed by atoms with Crippen molar-refractivity contribution in [2.45, 2.75) is 12.8 Å². The molecule has 0 unspecified atom stereocenters. The van der Waals surface area contributed by atoms with Crippen LogP contribution in [0, 0.1) is 5.92 Å². The molecular weight excluding hydrogens is 140 g/mol. The van der Waals surface area contributed by atoms with E-state index in [9.17, 15) is 4.79 Å². The quantitative estimate of drug-likeness (QED) is 0.601. The smallest absolute Gasteiger partial charge is 0.329 e. The minimum absolute atomic E-state index is 0.350. The third kappa shape index (κ3) is 2.06. The summed E-state index contributed by atoms with van der Waals surface area (Å²) in [4.78, 5) is 9.98. The fourth-order valence-electron chi connectivity index (χ4n) is 0.595. The lowest BCUT2D eigenvalue weighted by Crippen LogP contribution is -1.88. The first-order chi connectivity index (χ1) is 4.20. The summed E-state index contributed by atoms with van der Waals surface area (Å²) < 4.78 is 0. The first-order valence-electron chi connectivity index (χ1n) is 2.80. The molecule has 3 heteroatoms. The van der Waals surface area contributed by atoms with Crippen LogP contribution in [0.3, 0.4) is 0 Å². The zero-order valence-corrected chi connectivity index (χ0v) is 5.56. The number of allylic oxidation sites excluding steroid dienone is 1. The van der Waals surface area contributed by atoms with Crippen molar-refractivity contribution in [3.63, 3.8) is 0 Å². The van der Waals surface area contributed by atoms with Gasteiger partial charge in [-0.15, -0.1) is 0 Å². The molecule has 0 spiro atoms. The van der Waals surface area contributed by atoms with Crippen LogP contribution in [0.5, 0.6) is 0 Å². The number of carboxylic acid groups (broad SMARTS) is 1. The Hall–Kier alpha value is -0.500. The van der Waals surface area contributed by atoms with E-state index in [4.69, 9.17) is 16.7 Å². The topological polar surface area (TPSA) is 37.3 Å². The molecule has 0 amide bonds. The average Bonchev–Trinajstić information content (AvgIpc) is 2.40. The highest BCUT2D eigenvalue weighted by atomic mass is 35.5. The highest BCUT2D eigenvalue weighted by Crippen LogP contribution is 2.38. The van der Waals surface area contributed by atoms with E-state index in [0.717, 1.165) is 18.9 Å². The molecule has 2 nitrogen and oxygen atoms in total. The highest BCUT2D eigenvalue weighted by Gasteiger charge is 2.25. The average molecular weight is 147 g/mol. The molecule has 0 heterocycles. The third-order valence-corrected chi connectivity index (χ3v) is 1.65. The molecule has 0 aromatic heterocycles. The van der Waals surface area contributed by atoms with Crippen LogP contribution < -0.4 is 0 Å². The van der Waals surface area contributed by atoms with Crippen molar-refractivity contribution < 1.29 is 9.90 Å².